The lowest BCUT2D eigenvalue weighted by Gasteiger charge is -2.20. The van der Waals surface area contributed by atoms with Crippen LogP contribution >= 0.6 is 0 Å². The van der Waals surface area contributed by atoms with E-state index in [1.54, 1.807) is 25.0 Å². The highest BCUT2D eigenvalue weighted by atomic mass is 16.5. The van der Waals surface area contributed by atoms with Gasteiger partial charge in [0.15, 0.2) is 0 Å². The molecule has 0 spiro atoms. The zero-order chi connectivity index (χ0) is 16.4. The molecule has 2 amide bonds. The second-order valence-electron chi connectivity index (χ2n) is 5.24. The van der Waals surface area contributed by atoms with Crippen LogP contribution in [0.15, 0.2) is 24.3 Å². The minimum absolute atomic E-state index is 0.0188. The molecule has 0 aliphatic heterocycles. The summed E-state index contributed by atoms with van der Waals surface area (Å²) in [5.41, 5.74) is 0.699. The Morgan fingerprint density at radius 2 is 2.00 bits per heavy atom. The van der Waals surface area contributed by atoms with E-state index in [-0.39, 0.29) is 11.8 Å². The van der Waals surface area contributed by atoms with E-state index in [0.717, 1.165) is 25.8 Å². The number of amides is 2. The highest BCUT2D eigenvalue weighted by molar-refractivity contribution is 5.91. The second kappa shape index (κ2) is 9.82. The molecule has 1 rings (SSSR count). The molecule has 0 saturated heterocycles. The monoisotopic (exact) mass is 306 g/mol. The van der Waals surface area contributed by atoms with Crippen molar-refractivity contribution in [3.05, 3.63) is 24.3 Å². The maximum atomic E-state index is 12.0. The van der Waals surface area contributed by atoms with Crippen molar-refractivity contribution in [2.75, 3.05) is 25.5 Å². The number of unbranched alkanes of at least 4 members (excludes halogenated alkanes) is 2. The molecule has 1 aromatic rings. The summed E-state index contributed by atoms with van der Waals surface area (Å²) < 4.78 is 5.12. The number of nitrogens with zero attached hydrogens (tertiary/aromatic N) is 1. The zero-order valence-electron chi connectivity index (χ0n) is 13.7. The second-order valence-corrected chi connectivity index (χ2v) is 5.24. The highest BCUT2D eigenvalue weighted by Crippen LogP contribution is 2.16. The van der Waals surface area contributed by atoms with E-state index in [9.17, 15) is 9.59 Å². The molecular formula is C17H26N2O3. The van der Waals surface area contributed by atoms with Crippen LogP contribution in [0.1, 0.15) is 39.5 Å². The van der Waals surface area contributed by atoms with Gasteiger partial charge in [-0.2, -0.15) is 0 Å². The van der Waals surface area contributed by atoms with Crippen molar-refractivity contribution in [1.29, 1.82) is 0 Å². The van der Waals surface area contributed by atoms with E-state index in [2.05, 4.69) is 12.2 Å². The summed E-state index contributed by atoms with van der Waals surface area (Å²) in [4.78, 5) is 25.3. The van der Waals surface area contributed by atoms with E-state index in [0.29, 0.717) is 24.4 Å². The summed E-state index contributed by atoms with van der Waals surface area (Å²) in [6.07, 6.45) is 3.48. The first-order chi connectivity index (χ1) is 10.6. The van der Waals surface area contributed by atoms with Gasteiger partial charge in [0.25, 0.3) is 0 Å². The van der Waals surface area contributed by atoms with E-state index >= 15 is 0 Å². The number of carbonyl (C=O) groups excluding carboxylic acids is 2. The van der Waals surface area contributed by atoms with Gasteiger partial charge in [-0.1, -0.05) is 25.8 Å². The van der Waals surface area contributed by atoms with Crippen LogP contribution in [0.5, 0.6) is 5.75 Å². The van der Waals surface area contributed by atoms with Gasteiger partial charge >= 0.3 is 0 Å². The van der Waals surface area contributed by atoms with Crippen molar-refractivity contribution in [1.82, 2.24) is 4.90 Å². The minimum Gasteiger partial charge on any atom is -0.497 e. The number of benzene rings is 1. The number of carbonyl (C=O) groups is 2. The number of nitrogens with one attached hydrogen (secondary N) is 1. The van der Waals surface area contributed by atoms with Crippen LogP contribution in [0.3, 0.4) is 0 Å². The van der Waals surface area contributed by atoms with Crippen LogP contribution in [0.2, 0.25) is 0 Å². The van der Waals surface area contributed by atoms with Crippen molar-refractivity contribution in [3.8, 4) is 5.75 Å². The lowest BCUT2D eigenvalue weighted by Crippen LogP contribution is -2.32. The molecule has 0 bridgehead atoms. The van der Waals surface area contributed by atoms with Crippen LogP contribution in [-0.4, -0.2) is 36.9 Å². The number of hydrogen-bond acceptors (Lipinski definition) is 3. The fourth-order valence-electron chi connectivity index (χ4n) is 2.14. The van der Waals surface area contributed by atoms with Crippen LogP contribution in [0.25, 0.3) is 0 Å². The molecule has 0 aliphatic carbocycles. The Hall–Kier alpha value is -2.04. The molecule has 22 heavy (non-hydrogen) atoms. The fraction of sp³-hybridized carbons (Fsp3) is 0.529. The summed E-state index contributed by atoms with van der Waals surface area (Å²) in [5.74, 6) is 0.614. The van der Waals surface area contributed by atoms with Gasteiger partial charge < -0.3 is 15.0 Å². The zero-order valence-corrected chi connectivity index (χ0v) is 13.7. The summed E-state index contributed by atoms with van der Waals surface area (Å²) in [5, 5.41) is 2.82. The predicted molar refractivity (Wildman–Crippen MR) is 88.0 cm³/mol. The van der Waals surface area contributed by atoms with Crippen molar-refractivity contribution >= 4 is 17.5 Å². The van der Waals surface area contributed by atoms with Gasteiger partial charge in [-0.15, -0.1) is 0 Å². The van der Waals surface area contributed by atoms with Gasteiger partial charge in [0.2, 0.25) is 11.8 Å². The maximum Gasteiger partial charge on any atom is 0.226 e. The molecule has 0 radical (unpaired) electrons. The van der Waals surface area contributed by atoms with Gasteiger partial charge in [-0.3, -0.25) is 9.59 Å². The predicted octanol–water partition coefficient (Wildman–Crippen LogP) is 3.06. The van der Waals surface area contributed by atoms with E-state index in [1.165, 1.54) is 0 Å². The summed E-state index contributed by atoms with van der Waals surface area (Å²) in [6.45, 7) is 4.84. The third-order valence-corrected chi connectivity index (χ3v) is 3.44. The average molecular weight is 306 g/mol. The van der Waals surface area contributed by atoms with Crippen molar-refractivity contribution in [2.24, 2.45) is 0 Å². The van der Waals surface area contributed by atoms with Crippen molar-refractivity contribution in [2.45, 2.75) is 39.5 Å². The van der Waals surface area contributed by atoms with Crippen molar-refractivity contribution in [3.63, 3.8) is 0 Å². The largest absolute Gasteiger partial charge is 0.497 e. The minimum atomic E-state index is -0.102. The fourth-order valence-corrected chi connectivity index (χ4v) is 2.14. The molecule has 0 aliphatic rings. The lowest BCUT2D eigenvalue weighted by atomic mass is 10.2. The third kappa shape index (κ3) is 6.61. The van der Waals surface area contributed by atoms with Crippen LogP contribution in [0, 0.1) is 0 Å². The Morgan fingerprint density at radius 1 is 1.23 bits per heavy atom. The summed E-state index contributed by atoms with van der Waals surface area (Å²) >= 11 is 0. The Kier molecular flexibility index (Phi) is 8.04. The topological polar surface area (TPSA) is 58.6 Å². The van der Waals surface area contributed by atoms with E-state index in [1.807, 2.05) is 18.2 Å². The Labute approximate surface area is 132 Å². The molecule has 5 heteroatoms. The Balaban J connectivity index is 2.44. The average Bonchev–Trinajstić information content (AvgIpc) is 2.50. The van der Waals surface area contributed by atoms with Gasteiger partial charge in [-0.05, 0) is 18.6 Å². The van der Waals surface area contributed by atoms with Crippen LogP contribution < -0.4 is 10.1 Å². The highest BCUT2D eigenvalue weighted by Gasteiger charge is 2.11. The molecule has 0 atom stereocenters. The van der Waals surface area contributed by atoms with E-state index < -0.39 is 0 Å². The van der Waals surface area contributed by atoms with Crippen molar-refractivity contribution < 1.29 is 14.3 Å². The van der Waals surface area contributed by atoms with Gasteiger partial charge in [0.05, 0.1) is 7.11 Å². The molecule has 5 nitrogen and oxygen atoms in total. The quantitative estimate of drug-likeness (QED) is 0.713. The van der Waals surface area contributed by atoms with Crippen LogP contribution in [0.4, 0.5) is 5.69 Å². The molecule has 0 heterocycles. The van der Waals surface area contributed by atoms with Gasteiger partial charge in [0, 0.05) is 38.2 Å². The standard InChI is InChI=1S/C17H26N2O3/c1-4-5-6-11-19(14(2)20)12-10-17(21)18-15-8-7-9-16(13-15)22-3/h7-9,13H,4-6,10-12H2,1-3H3,(H,18,21). The summed E-state index contributed by atoms with van der Waals surface area (Å²) in [7, 11) is 1.59. The molecule has 122 valence electrons. The van der Waals surface area contributed by atoms with Gasteiger partial charge in [0.1, 0.15) is 5.75 Å². The Morgan fingerprint density at radius 3 is 2.64 bits per heavy atom. The molecule has 1 aromatic carbocycles. The Bertz CT molecular complexity index is 489. The van der Waals surface area contributed by atoms with Crippen LogP contribution in [-0.2, 0) is 9.59 Å². The normalized spacial score (nSPS) is 10.1. The molecule has 0 saturated carbocycles. The molecule has 0 fully saturated rings. The number of ether oxygens (including phenoxy) is 1. The molecule has 0 unspecified atom stereocenters. The van der Waals surface area contributed by atoms with Gasteiger partial charge in [-0.25, -0.2) is 0 Å². The first kappa shape index (κ1) is 18.0. The number of rotatable bonds is 9. The SMILES string of the molecule is CCCCCN(CCC(=O)Nc1cccc(OC)c1)C(C)=O. The van der Waals surface area contributed by atoms with E-state index in [4.69, 9.17) is 4.74 Å². The number of methoxy groups -OCH3 is 1. The number of hydrogen-bond donors (Lipinski definition) is 1. The number of anilines is 1. The molecule has 1 N–H and O–H groups in total. The smallest absolute Gasteiger partial charge is 0.226 e. The maximum absolute atomic E-state index is 12.0. The first-order valence-corrected chi connectivity index (χ1v) is 7.76. The summed E-state index contributed by atoms with van der Waals surface area (Å²) in [6, 6.07) is 7.22. The lowest BCUT2D eigenvalue weighted by molar-refractivity contribution is -0.129. The third-order valence-electron chi connectivity index (χ3n) is 3.44. The molecule has 0 aromatic heterocycles. The molecular weight excluding hydrogens is 280 g/mol. The first-order valence-electron chi connectivity index (χ1n) is 7.76.